The molecule has 0 aromatic heterocycles. The van der Waals surface area contributed by atoms with E-state index < -0.39 is 19.5 Å². The van der Waals surface area contributed by atoms with E-state index in [0.717, 1.165) is 6.61 Å². The summed E-state index contributed by atoms with van der Waals surface area (Å²) in [5, 5.41) is 0. The molecule has 0 heterocycles. The van der Waals surface area contributed by atoms with Gasteiger partial charge in [-0.15, -0.1) is 0 Å². The van der Waals surface area contributed by atoms with E-state index in [4.69, 9.17) is 3.32 Å². The molecule has 0 spiro atoms. The number of allylic oxidation sites excluding steroid dienone is 1. The van der Waals surface area contributed by atoms with E-state index in [9.17, 15) is 0 Å². The van der Waals surface area contributed by atoms with Crippen LogP contribution in [0.4, 0.5) is 0 Å². The summed E-state index contributed by atoms with van der Waals surface area (Å²) in [5.41, 5.74) is 4.41. The van der Waals surface area contributed by atoms with Crippen molar-refractivity contribution in [2.24, 2.45) is 5.41 Å². The first-order valence-electron chi connectivity index (χ1n) is 7.78. The first-order valence-corrected chi connectivity index (χ1v) is 9.20. The fourth-order valence-electron chi connectivity index (χ4n) is 2.71. The Morgan fingerprint density at radius 2 is 1.54 bits per heavy atom. The van der Waals surface area contributed by atoms with Crippen LogP contribution in [0.3, 0.4) is 0 Å². The molecular formula is C20H22Cl2OTi. The third-order valence-corrected chi connectivity index (χ3v) is 5.29. The summed E-state index contributed by atoms with van der Waals surface area (Å²) in [6.07, 6.45) is 4.56. The van der Waals surface area contributed by atoms with Crippen LogP contribution in [0, 0.1) is 5.41 Å². The molecule has 0 bridgehead atoms. The van der Waals surface area contributed by atoms with Crippen LogP contribution in [0.2, 0.25) is 0 Å². The van der Waals surface area contributed by atoms with E-state index in [0.29, 0.717) is 5.92 Å². The van der Waals surface area contributed by atoms with Gasteiger partial charge < -0.3 is 24.8 Å². The molecule has 0 radical (unpaired) electrons. The van der Waals surface area contributed by atoms with Crippen LogP contribution < -0.4 is 28.7 Å². The smallest absolute Gasteiger partial charge is 1.00 e. The van der Waals surface area contributed by atoms with Crippen molar-refractivity contribution in [2.75, 3.05) is 6.61 Å². The molecule has 0 fully saturated rings. The Hall–Kier alpha value is -0.566. The minimum absolute atomic E-state index is 0. The van der Waals surface area contributed by atoms with Gasteiger partial charge in [-0.25, -0.2) is 0 Å². The van der Waals surface area contributed by atoms with Gasteiger partial charge in [-0.3, -0.25) is 0 Å². The second-order valence-corrected chi connectivity index (χ2v) is 8.62. The summed E-state index contributed by atoms with van der Waals surface area (Å²) in [7, 11) is 0. The van der Waals surface area contributed by atoms with Crippen molar-refractivity contribution in [3.8, 4) is 0 Å². The molecule has 2 aromatic rings. The first kappa shape index (κ1) is 21.5. The summed E-state index contributed by atoms with van der Waals surface area (Å²) < 4.78 is 7.49. The van der Waals surface area contributed by atoms with Gasteiger partial charge in [-0.05, 0) is 0 Å². The normalized spacial score (nSPS) is 15.0. The van der Waals surface area contributed by atoms with Gasteiger partial charge in [0, 0.05) is 0 Å². The predicted octanol–water partition coefficient (Wildman–Crippen LogP) is -1.46. The van der Waals surface area contributed by atoms with Gasteiger partial charge in [0.25, 0.3) is 0 Å². The van der Waals surface area contributed by atoms with Gasteiger partial charge >= 0.3 is 143 Å². The molecule has 3 rings (SSSR count). The second kappa shape index (κ2) is 9.22. The average Bonchev–Trinajstić information content (AvgIpc) is 2.90. The zero-order valence-corrected chi connectivity index (χ0v) is 17.3. The minimum atomic E-state index is -0.551. The number of hydrogen-bond donors (Lipinski definition) is 0. The zero-order valence-electron chi connectivity index (χ0n) is 14.2. The van der Waals surface area contributed by atoms with E-state index in [1.165, 1.54) is 20.6 Å². The molecule has 2 aromatic carbocycles. The number of hydrogen-bond acceptors (Lipinski definition) is 1. The van der Waals surface area contributed by atoms with Crippen molar-refractivity contribution < 1.29 is 47.7 Å². The number of fused-ring (bicyclic) bond motifs is 1. The fourth-order valence-corrected chi connectivity index (χ4v) is 4.56. The molecule has 1 nitrogen and oxygen atoms in total. The van der Waals surface area contributed by atoms with E-state index >= 15 is 0 Å². The topological polar surface area (TPSA) is 9.23 Å². The number of rotatable bonds is 4. The molecule has 1 aliphatic rings. The third kappa shape index (κ3) is 5.21. The van der Waals surface area contributed by atoms with Crippen molar-refractivity contribution in [2.45, 2.75) is 26.7 Å². The summed E-state index contributed by atoms with van der Waals surface area (Å²) in [6, 6.07) is 17.5. The van der Waals surface area contributed by atoms with Gasteiger partial charge in [-0.1, -0.05) is 0 Å². The van der Waals surface area contributed by atoms with Crippen LogP contribution >= 0.6 is 0 Å². The maximum Gasteiger partial charge on any atom is -1.00 e. The Kier molecular flexibility index (Phi) is 8.25. The SMILES string of the molecule is CC(C)(C)C[O][Ti+2][c]1ccccc1C1C=Cc2ccccc21.[Cl-].[Cl-]. The van der Waals surface area contributed by atoms with Crippen LogP contribution in [0.25, 0.3) is 6.08 Å². The largest absolute Gasteiger partial charge is 1.00 e. The summed E-state index contributed by atoms with van der Waals surface area (Å²) in [6.45, 7) is 7.50. The Labute approximate surface area is 167 Å². The summed E-state index contributed by atoms with van der Waals surface area (Å²) >= 11 is -0.551. The van der Waals surface area contributed by atoms with E-state index in [2.05, 4.69) is 81.5 Å². The molecule has 1 atom stereocenters. The van der Waals surface area contributed by atoms with Crippen molar-refractivity contribution in [3.05, 3.63) is 71.3 Å². The van der Waals surface area contributed by atoms with Crippen molar-refractivity contribution in [1.82, 2.24) is 0 Å². The first-order chi connectivity index (χ1) is 10.5. The minimum Gasteiger partial charge on any atom is -1.00 e. The molecule has 4 heteroatoms. The van der Waals surface area contributed by atoms with E-state index in [1.54, 1.807) is 0 Å². The molecule has 126 valence electrons. The maximum atomic E-state index is 6.07. The standard InChI is InChI=1S/C15H11.C5H11O.2ClH.Ti/c1-2-6-12(7-3-1)15-11-10-13-8-4-5-9-14(13)15;1-5(2,3)4-6;;;/h1-6,8-11,15H;4H2,1-3H3;2*1H;/q;-1;;;+3/p-2. The van der Waals surface area contributed by atoms with Crippen LogP contribution in [-0.2, 0) is 22.9 Å². The average molecular weight is 397 g/mol. The maximum absolute atomic E-state index is 6.07. The van der Waals surface area contributed by atoms with Gasteiger partial charge in [0.05, 0.1) is 0 Å². The molecule has 0 saturated carbocycles. The van der Waals surface area contributed by atoms with Crippen molar-refractivity contribution >= 4 is 9.94 Å². The van der Waals surface area contributed by atoms with Crippen LogP contribution in [-0.4, -0.2) is 6.61 Å². The fraction of sp³-hybridized carbons (Fsp3) is 0.300. The Morgan fingerprint density at radius 3 is 2.25 bits per heavy atom. The monoisotopic (exact) mass is 396 g/mol. The van der Waals surface area contributed by atoms with Crippen LogP contribution in [0.15, 0.2) is 54.6 Å². The van der Waals surface area contributed by atoms with Gasteiger partial charge in [-0.2, -0.15) is 0 Å². The van der Waals surface area contributed by atoms with E-state index in [1.807, 2.05) is 0 Å². The van der Waals surface area contributed by atoms with Crippen LogP contribution in [0.1, 0.15) is 43.4 Å². The summed E-state index contributed by atoms with van der Waals surface area (Å²) in [4.78, 5) is 0. The van der Waals surface area contributed by atoms with E-state index in [-0.39, 0.29) is 30.2 Å². The van der Waals surface area contributed by atoms with Crippen molar-refractivity contribution in [1.29, 1.82) is 0 Å². The van der Waals surface area contributed by atoms with Gasteiger partial charge in [0.1, 0.15) is 0 Å². The van der Waals surface area contributed by atoms with Gasteiger partial charge in [0.2, 0.25) is 0 Å². The quantitative estimate of drug-likeness (QED) is 0.574. The molecule has 1 aliphatic carbocycles. The molecule has 0 N–H and O–H groups in total. The van der Waals surface area contributed by atoms with Crippen LogP contribution in [0.5, 0.6) is 0 Å². The number of benzene rings is 2. The molecular weight excluding hydrogens is 375 g/mol. The Bertz CT molecular complexity index is 692. The molecule has 24 heavy (non-hydrogen) atoms. The molecule has 0 saturated heterocycles. The Balaban J connectivity index is 0.00000144. The molecule has 1 unspecified atom stereocenters. The molecule has 0 aliphatic heterocycles. The predicted molar refractivity (Wildman–Crippen MR) is 88.8 cm³/mol. The summed E-state index contributed by atoms with van der Waals surface area (Å²) in [5.74, 6) is 0.384. The second-order valence-electron chi connectivity index (χ2n) is 7.00. The zero-order chi connectivity index (χ0) is 15.6. The third-order valence-electron chi connectivity index (χ3n) is 3.78. The Morgan fingerprint density at radius 1 is 0.917 bits per heavy atom. The van der Waals surface area contributed by atoms with Crippen molar-refractivity contribution in [3.63, 3.8) is 0 Å². The van der Waals surface area contributed by atoms with Gasteiger partial charge in [0.15, 0.2) is 0 Å². The molecule has 0 amide bonds. The number of halogens is 2.